The van der Waals surface area contributed by atoms with E-state index in [0.717, 1.165) is 67.3 Å². The topological polar surface area (TPSA) is 169 Å². The van der Waals surface area contributed by atoms with Crippen molar-refractivity contribution in [3.8, 4) is 22.6 Å². The van der Waals surface area contributed by atoms with Gasteiger partial charge in [-0.05, 0) is 121 Å². The van der Waals surface area contributed by atoms with Gasteiger partial charge < -0.3 is 19.8 Å². The Morgan fingerprint density at radius 3 is 2.49 bits per heavy atom. The van der Waals surface area contributed by atoms with Gasteiger partial charge in [0.05, 0.1) is 21.6 Å². The minimum atomic E-state index is -4.55. The third-order valence-corrected chi connectivity index (χ3v) is 13.2. The van der Waals surface area contributed by atoms with Crippen LogP contribution in [0.4, 0.5) is 11.4 Å². The van der Waals surface area contributed by atoms with Crippen LogP contribution in [0.3, 0.4) is 0 Å². The Balaban J connectivity index is 0.00000514. The van der Waals surface area contributed by atoms with Crippen molar-refractivity contribution in [1.29, 1.82) is 0 Å². The number of sulfonamides is 1. The molecule has 3 fully saturated rings. The Kier molecular flexibility index (Phi) is 12.4. The Hall–Kier alpha value is -5.74. The molecule has 1 atom stereocenters. The zero-order valence-electron chi connectivity index (χ0n) is 33.5. The highest BCUT2D eigenvalue weighted by Crippen LogP contribution is 2.42. The van der Waals surface area contributed by atoms with Crippen LogP contribution < -0.4 is 14.8 Å². The molecular weight excluding hydrogens is 813 g/mol. The molecule has 0 spiro atoms. The molecule has 61 heavy (non-hydrogen) atoms. The zero-order valence-corrected chi connectivity index (χ0v) is 35.3. The Bertz CT molecular complexity index is 2660. The van der Waals surface area contributed by atoms with Gasteiger partial charge in [0, 0.05) is 50.0 Å². The van der Waals surface area contributed by atoms with Gasteiger partial charge in [-0.1, -0.05) is 54.6 Å². The van der Waals surface area contributed by atoms with Crippen LogP contribution in [-0.4, -0.2) is 60.4 Å². The molecule has 4 heterocycles. The number of carbonyl (C=O) groups is 1. The van der Waals surface area contributed by atoms with Crippen molar-refractivity contribution in [2.75, 3.05) is 31.6 Å². The number of likely N-dealkylation sites (tertiary alicyclic amines) is 1. The Morgan fingerprint density at radius 1 is 0.918 bits per heavy atom. The maximum Gasteiger partial charge on any atom is 0.293 e. The largest absolute Gasteiger partial charge is 0.455 e. The number of ether oxygens (including phenoxy) is 2. The SMILES string of the molecule is O=C(NS(=O)(=O)c1ccc(NCC2CCOCC2)c([N+](=O)[O-])c1)c1ccc(-c2ccc(CN3CCC[C@H]3c3cccc(C4CC4)c3)cc2)cc1Oc1cnc2[nH]ccc2c1.S. The molecule has 1 saturated carbocycles. The number of carbonyl (C=O) groups excluding carboxylic acids is 1. The predicted molar refractivity (Wildman–Crippen MR) is 239 cm³/mol. The second-order valence-corrected chi connectivity index (χ2v) is 17.7. The summed E-state index contributed by atoms with van der Waals surface area (Å²) in [6.07, 6.45) is 9.80. The lowest BCUT2D eigenvalue weighted by atomic mass is 9.99. The van der Waals surface area contributed by atoms with Gasteiger partial charge >= 0.3 is 0 Å². The Labute approximate surface area is 361 Å². The molecule has 3 N–H and O–H groups in total. The summed E-state index contributed by atoms with van der Waals surface area (Å²) in [4.78, 5) is 34.9. The number of hydrogen-bond acceptors (Lipinski definition) is 10. The van der Waals surface area contributed by atoms with Gasteiger partial charge in [0.2, 0.25) is 0 Å². The highest BCUT2D eigenvalue weighted by atomic mass is 32.2. The lowest BCUT2D eigenvalue weighted by Crippen LogP contribution is -2.31. The van der Waals surface area contributed by atoms with E-state index < -0.39 is 31.4 Å². The van der Waals surface area contributed by atoms with Crippen molar-refractivity contribution in [3.05, 3.63) is 142 Å². The minimum Gasteiger partial charge on any atom is -0.455 e. The van der Waals surface area contributed by atoms with Crippen molar-refractivity contribution >= 4 is 51.8 Å². The summed E-state index contributed by atoms with van der Waals surface area (Å²) in [5.74, 6) is 0.479. The molecule has 13 nitrogen and oxygen atoms in total. The molecule has 0 radical (unpaired) electrons. The van der Waals surface area contributed by atoms with Gasteiger partial charge in [-0.2, -0.15) is 13.5 Å². The van der Waals surface area contributed by atoms with Crippen LogP contribution in [0.2, 0.25) is 0 Å². The number of aromatic nitrogens is 2. The molecule has 2 aromatic heterocycles. The van der Waals surface area contributed by atoms with Crippen molar-refractivity contribution in [1.82, 2.24) is 19.6 Å². The number of hydrogen-bond donors (Lipinski definition) is 3. The average molecular weight is 861 g/mol. The van der Waals surface area contributed by atoms with Gasteiger partial charge in [-0.25, -0.2) is 18.1 Å². The van der Waals surface area contributed by atoms with E-state index in [1.54, 1.807) is 24.4 Å². The summed E-state index contributed by atoms with van der Waals surface area (Å²) in [6.45, 7) is 3.61. The van der Waals surface area contributed by atoms with Gasteiger partial charge in [0.15, 0.2) is 0 Å². The smallest absolute Gasteiger partial charge is 0.293 e. The van der Waals surface area contributed by atoms with Crippen LogP contribution in [-0.2, 0) is 21.3 Å². The molecule has 15 heteroatoms. The molecule has 3 aliphatic rings. The van der Waals surface area contributed by atoms with E-state index in [1.807, 2.05) is 18.2 Å². The van der Waals surface area contributed by atoms with Crippen LogP contribution in [0.15, 0.2) is 114 Å². The van der Waals surface area contributed by atoms with Gasteiger partial charge in [0.25, 0.3) is 21.6 Å². The summed E-state index contributed by atoms with van der Waals surface area (Å²) in [6, 6.07) is 30.0. The second-order valence-electron chi connectivity index (χ2n) is 16.0. The first-order chi connectivity index (χ1) is 29.2. The maximum atomic E-state index is 13.9. The third kappa shape index (κ3) is 9.60. The number of nitrogens with one attached hydrogen (secondary N) is 3. The molecule has 1 amide bonds. The van der Waals surface area contributed by atoms with Crippen molar-refractivity contribution in [2.24, 2.45) is 5.92 Å². The van der Waals surface area contributed by atoms with E-state index in [-0.39, 0.29) is 36.4 Å². The van der Waals surface area contributed by atoms with Crippen molar-refractivity contribution < 1.29 is 27.6 Å². The number of anilines is 1. The van der Waals surface area contributed by atoms with E-state index >= 15 is 0 Å². The molecule has 2 aliphatic heterocycles. The summed E-state index contributed by atoms with van der Waals surface area (Å²) in [5, 5.41) is 15.9. The highest BCUT2D eigenvalue weighted by molar-refractivity contribution is 7.90. The molecule has 0 bridgehead atoms. The lowest BCUT2D eigenvalue weighted by Gasteiger charge is -2.25. The monoisotopic (exact) mass is 860 g/mol. The summed E-state index contributed by atoms with van der Waals surface area (Å²) < 4.78 is 41.1. The van der Waals surface area contributed by atoms with E-state index in [2.05, 4.69) is 61.3 Å². The number of nitro benzene ring substituents is 1. The van der Waals surface area contributed by atoms with E-state index in [0.29, 0.717) is 37.2 Å². The predicted octanol–water partition coefficient (Wildman–Crippen LogP) is 9.21. The number of amides is 1. The maximum absolute atomic E-state index is 13.9. The fourth-order valence-corrected chi connectivity index (χ4v) is 9.35. The molecule has 0 unspecified atom stereocenters. The first-order valence-corrected chi connectivity index (χ1v) is 22.0. The standard InChI is InChI=1S/C46H46N6O7S.H2S/c53-46(50-60(56,57)39-13-15-41(43(26-39)52(54)55)48-27-30-17-21-58-22-18-30)40-14-12-35(25-44(40)59-38-24-37-16-19-47-45(37)49-28-38)32-8-6-31(7-9-32)29-51-20-2-5-42(51)36-4-1-3-34(23-36)33-10-11-33;/h1,3-4,6-9,12-16,19,23-26,28,30,33,42,48H,2,5,10-11,17-18,20-22,27,29H2,(H,47,49)(H,50,53);1H2/t42-;/m0./s1. The third-order valence-electron chi connectivity index (χ3n) is 11.8. The number of H-pyrrole nitrogens is 1. The van der Waals surface area contributed by atoms with Gasteiger partial charge in [0.1, 0.15) is 22.8 Å². The minimum absolute atomic E-state index is 0. The van der Waals surface area contributed by atoms with E-state index in [9.17, 15) is 23.3 Å². The molecular formula is C46H48N6O7S2. The van der Waals surface area contributed by atoms with E-state index in [4.69, 9.17) is 9.47 Å². The van der Waals surface area contributed by atoms with Gasteiger partial charge in [-0.15, -0.1) is 0 Å². The number of nitrogens with zero attached hydrogens (tertiary/aromatic N) is 3. The zero-order chi connectivity index (χ0) is 41.2. The molecule has 1 aliphatic carbocycles. The van der Waals surface area contributed by atoms with Crippen LogP contribution >= 0.6 is 13.5 Å². The van der Waals surface area contributed by atoms with E-state index in [1.165, 1.54) is 53.9 Å². The highest BCUT2D eigenvalue weighted by Gasteiger charge is 2.30. The van der Waals surface area contributed by atoms with Crippen LogP contribution in [0.1, 0.15) is 77.5 Å². The number of aromatic amines is 1. The number of nitro groups is 1. The van der Waals surface area contributed by atoms with Crippen LogP contribution in [0.5, 0.6) is 11.5 Å². The number of pyridine rings is 1. The molecule has 4 aromatic carbocycles. The molecule has 2 saturated heterocycles. The Morgan fingerprint density at radius 2 is 1.70 bits per heavy atom. The fourth-order valence-electron chi connectivity index (χ4n) is 8.36. The lowest BCUT2D eigenvalue weighted by molar-refractivity contribution is -0.384. The number of rotatable bonds is 14. The first kappa shape index (κ1) is 42.0. The fraction of sp³-hybridized carbons (Fsp3) is 0.304. The van der Waals surface area contributed by atoms with Crippen LogP contribution in [0, 0.1) is 16.0 Å². The van der Waals surface area contributed by atoms with Crippen molar-refractivity contribution in [2.45, 2.75) is 61.9 Å². The first-order valence-electron chi connectivity index (χ1n) is 20.5. The second kappa shape index (κ2) is 18.1. The van der Waals surface area contributed by atoms with Gasteiger partial charge in [-0.3, -0.25) is 19.8 Å². The normalized spacial score (nSPS) is 17.1. The number of fused-ring (bicyclic) bond motifs is 1. The van der Waals surface area contributed by atoms with Crippen LogP contribution in [0.25, 0.3) is 22.2 Å². The average Bonchev–Trinajstić information content (AvgIpc) is 3.84. The molecule has 316 valence electrons. The summed E-state index contributed by atoms with van der Waals surface area (Å²) in [7, 11) is -4.55. The number of benzene rings is 4. The molecule has 6 aromatic rings. The molecule has 9 rings (SSSR count). The van der Waals surface area contributed by atoms with Crippen molar-refractivity contribution in [3.63, 3.8) is 0 Å². The quantitative estimate of drug-likeness (QED) is 0.0709. The summed E-state index contributed by atoms with van der Waals surface area (Å²) in [5.41, 5.74) is 6.07. The summed E-state index contributed by atoms with van der Waals surface area (Å²) >= 11 is 0.